The maximum Gasteiger partial charge on any atom is 0.176 e. The zero-order chi connectivity index (χ0) is 17.2. The Morgan fingerprint density at radius 1 is 1.04 bits per heavy atom. The molecule has 1 fully saturated rings. The summed E-state index contributed by atoms with van der Waals surface area (Å²) in [7, 11) is 4.47. The summed E-state index contributed by atoms with van der Waals surface area (Å²) in [6.45, 7) is 9.07. The first kappa shape index (κ1) is 15.7. The lowest BCUT2D eigenvalue weighted by Crippen LogP contribution is -2.13. The summed E-state index contributed by atoms with van der Waals surface area (Å²) >= 11 is 0. The molecule has 1 saturated carbocycles. The molecule has 2 aliphatic heterocycles. The lowest BCUT2D eigenvalue weighted by atomic mass is 9.92. The third-order valence-electron chi connectivity index (χ3n) is 6.79. The van der Waals surface area contributed by atoms with Crippen LogP contribution < -0.4 is 4.90 Å². The molecule has 1 aromatic rings. The monoisotopic (exact) mass is 321 g/mol. The SMILES string of the molecule is Cc1c(C)c(C)c2c(c1C)CC(=CC=CC1=[N+](C)C3CC3C1)N2C. The fourth-order valence-electron chi connectivity index (χ4n) is 4.66. The second-order valence-electron chi connectivity index (χ2n) is 7.95. The second kappa shape index (κ2) is 5.34. The van der Waals surface area contributed by atoms with E-state index in [1.54, 1.807) is 0 Å². The molecule has 2 heteroatoms. The zero-order valence-electron chi connectivity index (χ0n) is 15.9. The first-order valence-electron chi connectivity index (χ1n) is 9.19. The van der Waals surface area contributed by atoms with Crippen LogP contribution >= 0.6 is 0 Å². The van der Waals surface area contributed by atoms with Crippen LogP contribution in [0.4, 0.5) is 5.69 Å². The van der Waals surface area contributed by atoms with Crippen LogP contribution in [0.1, 0.15) is 40.7 Å². The van der Waals surface area contributed by atoms with E-state index in [0.717, 1.165) is 18.4 Å². The van der Waals surface area contributed by atoms with Gasteiger partial charge in [-0.1, -0.05) is 6.08 Å². The Morgan fingerprint density at radius 3 is 2.42 bits per heavy atom. The highest BCUT2D eigenvalue weighted by Crippen LogP contribution is 2.42. The second-order valence-corrected chi connectivity index (χ2v) is 7.95. The number of nitrogens with zero attached hydrogens (tertiary/aromatic N) is 2. The third kappa shape index (κ3) is 2.19. The fraction of sp³-hybridized carbons (Fsp3) is 0.500. The lowest BCUT2D eigenvalue weighted by Gasteiger charge is -2.20. The molecule has 1 aromatic carbocycles. The van der Waals surface area contributed by atoms with Gasteiger partial charge in [0, 0.05) is 49.7 Å². The molecule has 2 heterocycles. The van der Waals surface area contributed by atoms with E-state index in [2.05, 4.69) is 69.5 Å². The minimum absolute atomic E-state index is 0.840. The molecule has 3 aliphatic rings. The van der Waals surface area contributed by atoms with Gasteiger partial charge in [0.25, 0.3) is 0 Å². The van der Waals surface area contributed by atoms with Crippen LogP contribution in [0.3, 0.4) is 0 Å². The topological polar surface area (TPSA) is 6.25 Å². The van der Waals surface area contributed by atoms with Gasteiger partial charge in [0.05, 0.1) is 0 Å². The minimum atomic E-state index is 0.840. The Bertz CT molecular complexity index is 823. The molecule has 0 radical (unpaired) electrons. The first-order valence-corrected chi connectivity index (χ1v) is 9.19. The van der Waals surface area contributed by atoms with E-state index in [1.165, 1.54) is 57.8 Å². The summed E-state index contributed by atoms with van der Waals surface area (Å²) in [6.07, 6.45) is 10.6. The van der Waals surface area contributed by atoms with Crippen LogP contribution in [-0.4, -0.2) is 30.4 Å². The quantitative estimate of drug-likeness (QED) is 0.739. The Labute approximate surface area is 146 Å². The third-order valence-corrected chi connectivity index (χ3v) is 6.79. The molecule has 0 bridgehead atoms. The van der Waals surface area contributed by atoms with E-state index in [4.69, 9.17) is 0 Å². The van der Waals surface area contributed by atoms with Crippen LogP contribution in [-0.2, 0) is 6.42 Å². The summed E-state index contributed by atoms with van der Waals surface area (Å²) in [5, 5.41) is 0. The van der Waals surface area contributed by atoms with Gasteiger partial charge < -0.3 is 4.90 Å². The smallest absolute Gasteiger partial charge is 0.176 e. The molecule has 2 unspecified atom stereocenters. The number of fused-ring (bicyclic) bond motifs is 2. The Balaban J connectivity index is 1.62. The number of hydrogen-bond acceptors (Lipinski definition) is 1. The van der Waals surface area contributed by atoms with E-state index in [9.17, 15) is 0 Å². The molecule has 0 amide bonds. The number of hydrogen-bond donors (Lipinski definition) is 0. The molecular weight excluding hydrogens is 292 g/mol. The van der Waals surface area contributed by atoms with Crippen molar-refractivity contribution in [2.45, 2.75) is 53.0 Å². The maximum atomic E-state index is 2.48. The van der Waals surface area contributed by atoms with E-state index >= 15 is 0 Å². The lowest BCUT2D eigenvalue weighted by molar-refractivity contribution is -0.507. The van der Waals surface area contributed by atoms with Crippen molar-refractivity contribution in [2.24, 2.45) is 5.92 Å². The Hall–Kier alpha value is -1.83. The Morgan fingerprint density at radius 2 is 1.75 bits per heavy atom. The molecule has 1 aliphatic carbocycles. The van der Waals surface area contributed by atoms with Gasteiger partial charge in [-0.05, 0) is 61.6 Å². The number of rotatable bonds is 2. The van der Waals surface area contributed by atoms with Crippen molar-refractivity contribution in [1.29, 1.82) is 0 Å². The van der Waals surface area contributed by atoms with Gasteiger partial charge in [-0.15, -0.1) is 0 Å². The Kier molecular flexibility index (Phi) is 3.49. The molecular formula is C22H29N2+. The molecule has 0 N–H and O–H groups in total. The van der Waals surface area contributed by atoms with Gasteiger partial charge >= 0.3 is 0 Å². The normalized spacial score (nSPS) is 26.8. The van der Waals surface area contributed by atoms with Gasteiger partial charge in [-0.3, -0.25) is 0 Å². The summed E-state index contributed by atoms with van der Waals surface area (Å²) < 4.78 is 2.48. The summed E-state index contributed by atoms with van der Waals surface area (Å²) in [6, 6.07) is 0.840. The number of allylic oxidation sites excluding steroid dienone is 4. The number of likely N-dealkylation sites (N-methyl/N-ethyl adjacent to an activating group) is 1. The zero-order valence-corrected chi connectivity index (χ0v) is 15.9. The molecule has 0 aromatic heterocycles. The largest absolute Gasteiger partial charge is 0.347 e. The van der Waals surface area contributed by atoms with Gasteiger partial charge in [-0.25, -0.2) is 4.58 Å². The predicted molar refractivity (Wildman–Crippen MR) is 102 cm³/mol. The highest BCUT2D eigenvalue weighted by atomic mass is 15.1. The summed E-state index contributed by atoms with van der Waals surface area (Å²) in [5.41, 5.74) is 11.7. The van der Waals surface area contributed by atoms with Crippen LogP contribution in [0.15, 0.2) is 23.9 Å². The van der Waals surface area contributed by atoms with E-state index in [0.29, 0.717) is 0 Å². The van der Waals surface area contributed by atoms with Crippen molar-refractivity contribution in [3.05, 3.63) is 51.7 Å². The molecule has 0 saturated heterocycles. The molecule has 4 rings (SSSR count). The van der Waals surface area contributed by atoms with E-state index < -0.39 is 0 Å². The van der Waals surface area contributed by atoms with Crippen LogP contribution in [0, 0.1) is 33.6 Å². The van der Waals surface area contributed by atoms with Crippen molar-refractivity contribution in [3.8, 4) is 0 Å². The standard InChI is InChI=1S/C22H29N2/c1-13-14(2)16(4)22-20(15(13)3)12-19(24(22)6)9-7-8-18-10-17-11-21(17)23(18)5/h7-9,17,21H,10-12H2,1-6H3/q+1. The molecule has 2 atom stereocenters. The average molecular weight is 321 g/mol. The van der Waals surface area contributed by atoms with Gasteiger partial charge in [-0.2, -0.15) is 0 Å². The molecule has 126 valence electrons. The van der Waals surface area contributed by atoms with Crippen LogP contribution in [0.2, 0.25) is 0 Å². The highest BCUT2D eigenvalue weighted by molar-refractivity contribution is 5.92. The van der Waals surface area contributed by atoms with Crippen LogP contribution in [0.5, 0.6) is 0 Å². The minimum Gasteiger partial charge on any atom is -0.347 e. The summed E-state index contributed by atoms with van der Waals surface area (Å²) in [5.74, 6) is 0.942. The van der Waals surface area contributed by atoms with Crippen molar-refractivity contribution in [2.75, 3.05) is 19.0 Å². The van der Waals surface area contributed by atoms with Crippen molar-refractivity contribution in [3.63, 3.8) is 0 Å². The van der Waals surface area contributed by atoms with Crippen molar-refractivity contribution < 1.29 is 4.58 Å². The number of anilines is 1. The molecule has 0 spiro atoms. The first-order chi connectivity index (χ1) is 11.4. The molecule has 2 nitrogen and oxygen atoms in total. The summed E-state index contributed by atoms with van der Waals surface area (Å²) in [4.78, 5) is 2.40. The van der Waals surface area contributed by atoms with E-state index in [1.807, 2.05) is 0 Å². The van der Waals surface area contributed by atoms with Gasteiger partial charge in [0.15, 0.2) is 11.8 Å². The van der Waals surface area contributed by atoms with Crippen LogP contribution in [0.25, 0.3) is 0 Å². The van der Waals surface area contributed by atoms with Crippen molar-refractivity contribution >= 4 is 11.4 Å². The van der Waals surface area contributed by atoms with Gasteiger partial charge in [0.1, 0.15) is 7.05 Å². The van der Waals surface area contributed by atoms with E-state index in [-0.39, 0.29) is 0 Å². The maximum absolute atomic E-state index is 2.48. The molecule has 24 heavy (non-hydrogen) atoms. The predicted octanol–water partition coefficient (Wildman–Crippen LogP) is 4.23. The highest BCUT2D eigenvalue weighted by Gasteiger charge is 2.52. The fourth-order valence-corrected chi connectivity index (χ4v) is 4.66. The number of benzene rings is 1. The van der Waals surface area contributed by atoms with Crippen molar-refractivity contribution in [1.82, 2.24) is 0 Å². The average Bonchev–Trinajstić information content (AvgIpc) is 3.17. The van der Waals surface area contributed by atoms with Gasteiger partial charge in [0.2, 0.25) is 0 Å².